The van der Waals surface area contributed by atoms with Gasteiger partial charge in [-0.2, -0.15) is 0 Å². The summed E-state index contributed by atoms with van der Waals surface area (Å²) >= 11 is 0. The molecule has 1 unspecified atom stereocenters. The van der Waals surface area contributed by atoms with Gasteiger partial charge in [-0.15, -0.1) is 0 Å². The van der Waals surface area contributed by atoms with E-state index >= 15 is 0 Å². The van der Waals surface area contributed by atoms with Crippen molar-refractivity contribution in [2.24, 2.45) is 0 Å². The molecule has 28 heavy (non-hydrogen) atoms. The molecule has 0 aromatic heterocycles. The van der Waals surface area contributed by atoms with Crippen molar-refractivity contribution in [2.75, 3.05) is 21.2 Å². The predicted molar refractivity (Wildman–Crippen MR) is 111 cm³/mol. The molecule has 0 radical (unpaired) electrons. The lowest BCUT2D eigenvalue weighted by Gasteiger charge is -2.18. The van der Waals surface area contributed by atoms with Crippen molar-refractivity contribution in [3.05, 3.63) is 77.5 Å². The Bertz CT molecular complexity index is 812. The molecule has 5 heteroatoms. The Hall–Kier alpha value is -3.08. The topological polar surface area (TPSA) is 58.6 Å². The van der Waals surface area contributed by atoms with Crippen molar-refractivity contribution in [3.63, 3.8) is 0 Å². The summed E-state index contributed by atoms with van der Waals surface area (Å²) in [4.78, 5) is 27.7. The second-order valence-electron chi connectivity index (χ2n) is 6.77. The van der Waals surface area contributed by atoms with Crippen LogP contribution in [0.3, 0.4) is 0 Å². The lowest BCUT2D eigenvalue weighted by molar-refractivity contribution is -0.123. The maximum atomic E-state index is 13.2. The second-order valence-corrected chi connectivity index (χ2v) is 6.77. The predicted octanol–water partition coefficient (Wildman–Crippen LogP) is 3.52. The molecule has 0 aliphatic heterocycles. The highest BCUT2D eigenvalue weighted by molar-refractivity contribution is 6.21. The van der Waals surface area contributed by atoms with Crippen molar-refractivity contribution in [3.8, 4) is 5.75 Å². The summed E-state index contributed by atoms with van der Waals surface area (Å²) in [5.41, 5.74) is 2.01. The third-order valence-corrected chi connectivity index (χ3v) is 4.44. The van der Waals surface area contributed by atoms with Crippen molar-refractivity contribution in [2.45, 2.75) is 25.8 Å². The number of benzene rings is 2. The van der Waals surface area contributed by atoms with Gasteiger partial charge in [0.2, 0.25) is 0 Å². The Labute approximate surface area is 167 Å². The van der Waals surface area contributed by atoms with Gasteiger partial charge in [-0.05, 0) is 29.7 Å². The van der Waals surface area contributed by atoms with Crippen molar-refractivity contribution in [1.82, 2.24) is 10.2 Å². The SMILES string of the molecule is CCC(C(=O)/C(=C/N(C)C)C(=O)NCc1ccc(OC)cc1)c1ccccc1. The first kappa shape index (κ1) is 21.2. The van der Waals surface area contributed by atoms with E-state index in [1.54, 1.807) is 32.3 Å². The maximum Gasteiger partial charge on any atom is 0.256 e. The lowest BCUT2D eigenvalue weighted by Crippen LogP contribution is -2.31. The first-order valence-electron chi connectivity index (χ1n) is 9.34. The van der Waals surface area contributed by atoms with Crippen molar-refractivity contribution < 1.29 is 14.3 Å². The standard InChI is InChI=1S/C23H28N2O3/c1-5-20(18-9-7-6-8-10-18)22(26)21(16-25(2)3)23(27)24-15-17-11-13-19(28-4)14-12-17/h6-14,16,20H,5,15H2,1-4H3,(H,24,27)/b21-16-. The van der Waals surface area contributed by atoms with Crippen molar-refractivity contribution in [1.29, 1.82) is 0 Å². The van der Waals surface area contributed by atoms with Crippen LogP contribution in [-0.4, -0.2) is 37.8 Å². The summed E-state index contributed by atoms with van der Waals surface area (Å²) in [7, 11) is 5.21. The molecule has 0 heterocycles. The van der Waals surface area contributed by atoms with Crippen molar-refractivity contribution >= 4 is 11.7 Å². The van der Waals surface area contributed by atoms with Crippen LogP contribution in [0.5, 0.6) is 5.75 Å². The van der Waals surface area contributed by atoms with E-state index in [4.69, 9.17) is 4.74 Å². The summed E-state index contributed by atoms with van der Waals surface area (Å²) in [5, 5.41) is 2.86. The molecule has 2 aromatic carbocycles. The zero-order chi connectivity index (χ0) is 20.5. The fraction of sp³-hybridized carbons (Fsp3) is 0.304. The zero-order valence-electron chi connectivity index (χ0n) is 16.9. The van der Waals surface area contributed by atoms with Gasteiger partial charge in [0.15, 0.2) is 5.78 Å². The Morgan fingerprint density at radius 3 is 2.25 bits per heavy atom. The molecule has 2 aromatic rings. The molecule has 0 fully saturated rings. The number of ketones is 1. The molecule has 1 N–H and O–H groups in total. The number of Topliss-reactive ketones (excluding diaryl/α,β-unsaturated/α-hetero) is 1. The molecule has 1 atom stereocenters. The molecule has 0 bridgehead atoms. The summed E-state index contributed by atoms with van der Waals surface area (Å²) in [6.45, 7) is 2.29. The van der Waals surface area contributed by atoms with E-state index in [9.17, 15) is 9.59 Å². The second kappa shape index (κ2) is 10.3. The minimum atomic E-state index is -0.371. The van der Waals surface area contributed by atoms with Crippen LogP contribution in [0.1, 0.15) is 30.4 Å². The van der Waals surface area contributed by atoms with Crippen LogP contribution in [0, 0.1) is 0 Å². The molecule has 5 nitrogen and oxygen atoms in total. The van der Waals surface area contributed by atoms with Crippen LogP contribution in [0.15, 0.2) is 66.4 Å². The zero-order valence-corrected chi connectivity index (χ0v) is 16.9. The minimum absolute atomic E-state index is 0.161. The molecule has 1 amide bonds. The Balaban J connectivity index is 2.17. The van der Waals surface area contributed by atoms with Gasteiger partial charge in [0.25, 0.3) is 5.91 Å². The molecular weight excluding hydrogens is 352 g/mol. The highest BCUT2D eigenvalue weighted by atomic mass is 16.5. The first-order valence-corrected chi connectivity index (χ1v) is 9.34. The van der Waals surface area contributed by atoms with Crippen LogP contribution in [0.4, 0.5) is 0 Å². The monoisotopic (exact) mass is 380 g/mol. The summed E-state index contributed by atoms with van der Waals surface area (Å²) in [6, 6.07) is 17.0. The third kappa shape index (κ3) is 5.71. The molecule has 0 aliphatic rings. The number of hydrogen-bond donors (Lipinski definition) is 1. The van der Waals surface area contributed by atoms with Crippen LogP contribution in [-0.2, 0) is 16.1 Å². The Kier molecular flexibility index (Phi) is 7.81. The van der Waals surface area contributed by atoms with Gasteiger partial charge in [-0.25, -0.2) is 0 Å². The van der Waals surface area contributed by atoms with Crippen LogP contribution in [0.2, 0.25) is 0 Å². The highest BCUT2D eigenvalue weighted by Gasteiger charge is 2.27. The smallest absolute Gasteiger partial charge is 0.256 e. The summed E-state index contributed by atoms with van der Waals surface area (Å²) in [5.74, 6) is -0.134. The third-order valence-electron chi connectivity index (χ3n) is 4.44. The molecule has 2 rings (SSSR count). The molecule has 0 saturated carbocycles. The Morgan fingerprint density at radius 1 is 1.07 bits per heavy atom. The average molecular weight is 380 g/mol. The number of nitrogens with zero attached hydrogens (tertiary/aromatic N) is 1. The van der Waals surface area contributed by atoms with E-state index in [0.29, 0.717) is 13.0 Å². The average Bonchev–Trinajstić information content (AvgIpc) is 2.71. The normalized spacial score (nSPS) is 12.2. The summed E-state index contributed by atoms with van der Waals surface area (Å²) in [6.07, 6.45) is 2.22. The number of nitrogens with one attached hydrogen (secondary N) is 1. The van der Waals surface area contributed by atoms with Crippen LogP contribution < -0.4 is 10.1 Å². The van der Waals surface area contributed by atoms with E-state index in [-0.39, 0.29) is 23.2 Å². The van der Waals surface area contributed by atoms with Gasteiger partial charge in [0, 0.05) is 32.8 Å². The fourth-order valence-electron chi connectivity index (χ4n) is 2.96. The number of hydrogen-bond acceptors (Lipinski definition) is 4. The van der Waals surface area contributed by atoms with E-state index < -0.39 is 0 Å². The van der Waals surface area contributed by atoms with Gasteiger partial charge < -0.3 is 15.0 Å². The van der Waals surface area contributed by atoms with Gasteiger partial charge >= 0.3 is 0 Å². The van der Waals surface area contributed by atoms with Gasteiger partial charge in [-0.1, -0.05) is 49.4 Å². The minimum Gasteiger partial charge on any atom is -0.497 e. The van der Waals surface area contributed by atoms with E-state index in [1.807, 2.05) is 61.5 Å². The fourth-order valence-corrected chi connectivity index (χ4v) is 2.96. The number of carbonyl (C=O) groups is 2. The van der Waals surface area contributed by atoms with Crippen LogP contribution in [0.25, 0.3) is 0 Å². The number of methoxy groups -OCH3 is 1. The number of ether oxygens (including phenoxy) is 1. The quantitative estimate of drug-likeness (QED) is 0.411. The van der Waals surface area contributed by atoms with E-state index in [0.717, 1.165) is 16.9 Å². The van der Waals surface area contributed by atoms with Gasteiger partial charge in [0.1, 0.15) is 5.75 Å². The maximum absolute atomic E-state index is 13.2. The highest BCUT2D eigenvalue weighted by Crippen LogP contribution is 2.24. The first-order chi connectivity index (χ1) is 13.5. The number of carbonyl (C=O) groups excluding carboxylic acids is 2. The molecule has 0 saturated heterocycles. The molecule has 148 valence electrons. The lowest BCUT2D eigenvalue weighted by atomic mass is 9.88. The number of rotatable bonds is 9. The Morgan fingerprint density at radius 2 is 1.71 bits per heavy atom. The van der Waals surface area contributed by atoms with Gasteiger partial charge in [-0.3, -0.25) is 9.59 Å². The largest absolute Gasteiger partial charge is 0.497 e. The molecule has 0 spiro atoms. The molecular formula is C23H28N2O3. The van der Waals surface area contributed by atoms with Crippen LogP contribution >= 0.6 is 0 Å². The van der Waals surface area contributed by atoms with E-state index in [2.05, 4.69) is 5.32 Å². The summed E-state index contributed by atoms with van der Waals surface area (Å²) < 4.78 is 5.14. The van der Waals surface area contributed by atoms with E-state index in [1.165, 1.54) is 0 Å². The van der Waals surface area contributed by atoms with Gasteiger partial charge in [0.05, 0.1) is 12.7 Å². The number of amides is 1. The molecule has 0 aliphatic carbocycles.